The summed E-state index contributed by atoms with van der Waals surface area (Å²) in [6.45, 7) is 6.19. The van der Waals surface area contributed by atoms with Crippen LogP contribution < -0.4 is 14.8 Å². The monoisotopic (exact) mass is 297 g/mol. The normalized spacial score (nSPS) is 13.8. The van der Waals surface area contributed by atoms with Crippen LogP contribution in [-0.4, -0.2) is 12.7 Å². The molecule has 1 aliphatic heterocycles. The quantitative estimate of drug-likeness (QED) is 0.943. The second-order valence-corrected chi connectivity index (χ2v) is 5.68. The molecule has 0 aromatic heterocycles. The minimum Gasteiger partial charge on any atom is -0.454 e. The van der Waals surface area contributed by atoms with Gasteiger partial charge in [-0.3, -0.25) is 4.79 Å². The van der Waals surface area contributed by atoms with Crippen LogP contribution in [0.15, 0.2) is 36.4 Å². The highest BCUT2D eigenvalue weighted by Gasteiger charge is 2.17. The second kappa shape index (κ2) is 5.72. The van der Waals surface area contributed by atoms with Crippen molar-refractivity contribution in [1.82, 2.24) is 5.32 Å². The minimum atomic E-state index is -0.109. The Morgan fingerprint density at radius 1 is 1.05 bits per heavy atom. The van der Waals surface area contributed by atoms with Crippen LogP contribution in [0.4, 0.5) is 0 Å². The van der Waals surface area contributed by atoms with Crippen LogP contribution in [0.5, 0.6) is 11.5 Å². The molecular formula is C18H19NO3. The predicted octanol–water partition coefficient (Wildman–Crippen LogP) is 3.52. The molecule has 2 aromatic rings. The molecule has 4 heteroatoms. The van der Waals surface area contributed by atoms with Gasteiger partial charge >= 0.3 is 0 Å². The number of carbonyl (C=O) groups excluding carboxylic acids is 1. The van der Waals surface area contributed by atoms with Gasteiger partial charge in [0.25, 0.3) is 5.91 Å². The molecule has 0 spiro atoms. The van der Waals surface area contributed by atoms with Crippen molar-refractivity contribution in [1.29, 1.82) is 0 Å². The van der Waals surface area contributed by atoms with E-state index in [4.69, 9.17) is 9.47 Å². The van der Waals surface area contributed by atoms with Crippen LogP contribution >= 0.6 is 0 Å². The van der Waals surface area contributed by atoms with Crippen molar-refractivity contribution < 1.29 is 14.3 Å². The minimum absolute atomic E-state index is 0.0723. The first-order valence-electron chi connectivity index (χ1n) is 7.31. The largest absolute Gasteiger partial charge is 0.454 e. The molecule has 4 nitrogen and oxygen atoms in total. The zero-order chi connectivity index (χ0) is 15.7. The van der Waals surface area contributed by atoms with E-state index in [-0.39, 0.29) is 18.7 Å². The Bertz CT molecular complexity index is 704. The maximum absolute atomic E-state index is 12.4. The predicted molar refractivity (Wildman–Crippen MR) is 84.4 cm³/mol. The van der Waals surface area contributed by atoms with Gasteiger partial charge in [0.2, 0.25) is 6.79 Å². The average molecular weight is 297 g/mol. The summed E-state index contributed by atoms with van der Waals surface area (Å²) in [6, 6.07) is 11.5. The van der Waals surface area contributed by atoms with E-state index in [0.29, 0.717) is 5.56 Å². The lowest BCUT2D eigenvalue weighted by molar-refractivity contribution is 0.0939. The van der Waals surface area contributed by atoms with Gasteiger partial charge in [0, 0.05) is 5.56 Å². The van der Waals surface area contributed by atoms with E-state index >= 15 is 0 Å². The lowest BCUT2D eigenvalue weighted by Gasteiger charge is -2.15. The first-order chi connectivity index (χ1) is 10.5. The molecule has 3 rings (SSSR count). The standard InChI is InChI=1S/C18H19NO3/c1-11-6-12(2)8-15(7-11)18(20)19-13(3)14-4-5-16-17(9-14)22-10-21-16/h4-9,13H,10H2,1-3H3,(H,19,20). The van der Waals surface area contributed by atoms with E-state index in [1.165, 1.54) is 0 Å². The molecular weight excluding hydrogens is 278 g/mol. The summed E-state index contributed by atoms with van der Waals surface area (Å²) in [7, 11) is 0. The summed E-state index contributed by atoms with van der Waals surface area (Å²) in [5, 5.41) is 3.02. The molecule has 1 heterocycles. The number of ether oxygens (including phenoxy) is 2. The maximum atomic E-state index is 12.4. The lowest BCUT2D eigenvalue weighted by Crippen LogP contribution is -2.26. The van der Waals surface area contributed by atoms with E-state index in [9.17, 15) is 4.79 Å². The fourth-order valence-corrected chi connectivity index (χ4v) is 2.65. The van der Waals surface area contributed by atoms with Crippen molar-refractivity contribution in [3.05, 3.63) is 58.7 Å². The Kier molecular flexibility index (Phi) is 3.75. The number of aryl methyl sites for hydroxylation is 2. The number of amides is 1. The fraction of sp³-hybridized carbons (Fsp3) is 0.278. The van der Waals surface area contributed by atoms with Gasteiger partial charge in [-0.05, 0) is 50.6 Å². The zero-order valence-electron chi connectivity index (χ0n) is 13.0. The number of fused-ring (bicyclic) bond motifs is 1. The van der Waals surface area contributed by atoms with Crippen molar-refractivity contribution in [2.24, 2.45) is 0 Å². The van der Waals surface area contributed by atoms with Crippen molar-refractivity contribution in [2.45, 2.75) is 26.8 Å². The summed E-state index contributed by atoms with van der Waals surface area (Å²) >= 11 is 0. The summed E-state index contributed by atoms with van der Waals surface area (Å²) in [4.78, 5) is 12.4. The number of hydrogen-bond donors (Lipinski definition) is 1. The van der Waals surface area contributed by atoms with Crippen molar-refractivity contribution in [2.75, 3.05) is 6.79 Å². The van der Waals surface area contributed by atoms with Gasteiger partial charge in [0.05, 0.1) is 6.04 Å². The number of carbonyl (C=O) groups is 1. The van der Waals surface area contributed by atoms with Gasteiger partial charge in [-0.1, -0.05) is 23.3 Å². The van der Waals surface area contributed by atoms with Gasteiger partial charge < -0.3 is 14.8 Å². The van der Waals surface area contributed by atoms with Crippen LogP contribution in [0.2, 0.25) is 0 Å². The topological polar surface area (TPSA) is 47.6 Å². The van der Waals surface area contributed by atoms with E-state index in [1.807, 2.05) is 51.1 Å². The summed E-state index contributed by atoms with van der Waals surface area (Å²) < 4.78 is 10.7. The molecule has 0 radical (unpaired) electrons. The average Bonchev–Trinajstić information content (AvgIpc) is 2.93. The third kappa shape index (κ3) is 2.91. The van der Waals surface area contributed by atoms with E-state index < -0.39 is 0 Å². The van der Waals surface area contributed by atoms with E-state index in [0.717, 1.165) is 28.2 Å². The molecule has 0 saturated heterocycles. The van der Waals surface area contributed by atoms with Crippen LogP contribution in [0, 0.1) is 13.8 Å². The molecule has 1 atom stereocenters. The Labute approximate surface area is 130 Å². The first-order valence-corrected chi connectivity index (χ1v) is 7.31. The third-order valence-electron chi connectivity index (χ3n) is 3.73. The lowest BCUT2D eigenvalue weighted by atomic mass is 10.0. The first kappa shape index (κ1) is 14.4. The van der Waals surface area contributed by atoms with Crippen LogP contribution in [0.25, 0.3) is 0 Å². The summed E-state index contributed by atoms with van der Waals surface area (Å²) in [5.74, 6) is 1.40. The van der Waals surface area contributed by atoms with Crippen molar-refractivity contribution >= 4 is 5.91 Å². The van der Waals surface area contributed by atoms with Crippen LogP contribution in [0.3, 0.4) is 0 Å². The van der Waals surface area contributed by atoms with Crippen molar-refractivity contribution in [3.63, 3.8) is 0 Å². The highest BCUT2D eigenvalue weighted by molar-refractivity contribution is 5.94. The highest BCUT2D eigenvalue weighted by atomic mass is 16.7. The molecule has 22 heavy (non-hydrogen) atoms. The van der Waals surface area contributed by atoms with Gasteiger partial charge in [-0.2, -0.15) is 0 Å². The molecule has 0 aliphatic carbocycles. The fourth-order valence-electron chi connectivity index (χ4n) is 2.65. The molecule has 0 bridgehead atoms. The molecule has 0 saturated carbocycles. The molecule has 1 aliphatic rings. The molecule has 114 valence electrons. The SMILES string of the molecule is Cc1cc(C)cc(C(=O)NC(C)c2ccc3c(c2)OCO3)c1. The molecule has 1 unspecified atom stereocenters. The highest BCUT2D eigenvalue weighted by Crippen LogP contribution is 2.34. The van der Waals surface area contributed by atoms with Gasteiger partial charge in [0.1, 0.15) is 0 Å². The molecule has 0 fully saturated rings. The second-order valence-electron chi connectivity index (χ2n) is 5.68. The van der Waals surface area contributed by atoms with Crippen LogP contribution in [-0.2, 0) is 0 Å². The zero-order valence-corrected chi connectivity index (χ0v) is 13.0. The van der Waals surface area contributed by atoms with E-state index in [2.05, 4.69) is 11.4 Å². The molecule has 1 amide bonds. The van der Waals surface area contributed by atoms with Gasteiger partial charge in [-0.25, -0.2) is 0 Å². The summed E-state index contributed by atoms with van der Waals surface area (Å²) in [5.41, 5.74) is 3.84. The smallest absolute Gasteiger partial charge is 0.251 e. The van der Waals surface area contributed by atoms with Crippen molar-refractivity contribution in [3.8, 4) is 11.5 Å². The number of rotatable bonds is 3. The third-order valence-corrected chi connectivity index (χ3v) is 3.73. The number of hydrogen-bond acceptors (Lipinski definition) is 3. The van der Waals surface area contributed by atoms with Gasteiger partial charge in [0.15, 0.2) is 11.5 Å². The Balaban J connectivity index is 1.76. The Hall–Kier alpha value is -2.49. The molecule has 1 N–H and O–H groups in total. The van der Waals surface area contributed by atoms with Crippen LogP contribution in [0.1, 0.15) is 40.0 Å². The van der Waals surface area contributed by atoms with Gasteiger partial charge in [-0.15, -0.1) is 0 Å². The summed E-state index contributed by atoms with van der Waals surface area (Å²) in [6.07, 6.45) is 0. The number of benzene rings is 2. The maximum Gasteiger partial charge on any atom is 0.251 e. The number of nitrogens with one attached hydrogen (secondary N) is 1. The van der Waals surface area contributed by atoms with E-state index in [1.54, 1.807) is 0 Å². The molecule has 2 aromatic carbocycles. The Morgan fingerprint density at radius 2 is 1.73 bits per heavy atom. The Morgan fingerprint density at radius 3 is 2.45 bits per heavy atom.